The number of anilines is 6. The van der Waals surface area contributed by atoms with Crippen molar-refractivity contribution in [2.45, 2.75) is 327 Å². The van der Waals surface area contributed by atoms with Gasteiger partial charge in [0, 0.05) is 50.1 Å². The van der Waals surface area contributed by atoms with Gasteiger partial charge in [-0.2, -0.15) is 0 Å². The van der Waals surface area contributed by atoms with E-state index in [2.05, 4.69) is 233 Å². The minimum Gasteiger partial charge on any atom is -0.310 e. The number of benzene rings is 8. The molecular formula is C99H132N2. The first kappa shape index (κ1) is 75.5. The second-order valence-corrected chi connectivity index (χ2v) is 31.6. The molecule has 0 fully saturated rings. The molecule has 3 aliphatic carbocycles. The highest BCUT2D eigenvalue weighted by molar-refractivity contribution is 5.98. The Bertz CT molecular complexity index is 3480. The smallest absolute Gasteiger partial charge is 0.0543 e. The van der Waals surface area contributed by atoms with Crippen LogP contribution in [0.2, 0.25) is 0 Å². The van der Waals surface area contributed by atoms with Gasteiger partial charge in [-0.3, -0.25) is 0 Å². The second kappa shape index (κ2) is 38.8. The first-order valence-electron chi connectivity index (χ1n) is 42.4. The molecule has 0 saturated heterocycles. The molecule has 0 unspecified atom stereocenters. The van der Waals surface area contributed by atoms with Gasteiger partial charge in [0.25, 0.3) is 0 Å². The van der Waals surface area contributed by atoms with Crippen LogP contribution in [0.15, 0.2) is 182 Å². The summed E-state index contributed by atoms with van der Waals surface area (Å²) in [5.41, 5.74) is 25.6. The average Bonchev–Trinajstić information content (AvgIpc) is 1.57. The van der Waals surface area contributed by atoms with Gasteiger partial charge in [-0.05, 0) is 155 Å². The lowest BCUT2D eigenvalue weighted by atomic mass is 9.70. The lowest BCUT2D eigenvalue weighted by molar-refractivity contribution is 0.398. The van der Waals surface area contributed by atoms with Crippen molar-refractivity contribution in [3.8, 4) is 33.4 Å². The fourth-order valence-corrected chi connectivity index (χ4v) is 19.3. The first-order chi connectivity index (χ1) is 49.9. The Labute approximate surface area is 616 Å². The largest absolute Gasteiger partial charge is 0.310 e. The number of unbranched alkanes of at least 4 members (excludes halogenated alkanes) is 30. The Morgan fingerprint density at radius 1 is 0.198 bits per heavy atom. The number of para-hydroxylation sites is 2. The van der Waals surface area contributed by atoms with Crippen LogP contribution in [0.4, 0.5) is 34.1 Å². The highest BCUT2D eigenvalue weighted by atomic mass is 15.2. The third-order valence-electron chi connectivity index (χ3n) is 24.6. The van der Waals surface area contributed by atoms with Crippen LogP contribution in [0.25, 0.3) is 33.4 Å². The molecule has 8 aromatic rings. The lowest BCUT2D eigenvalue weighted by Crippen LogP contribution is -2.26. The van der Waals surface area contributed by atoms with E-state index in [0.717, 1.165) is 12.8 Å². The van der Waals surface area contributed by atoms with Crippen molar-refractivity contribution >= 4 is 34.1 Å². The Balaban J connectivity index is 1.07. The molecule has 0 spiro atoms. The maximum atomic E-state index is 2.75. The summed E-state index contributed by atoms with van der Waals surface area (Å²) in [5, 5.41) is 0. The van der Waals surface area contributed by atoms with Gasteiger partial charge < -0.3 is 9.80 Å². The molecule has 0 aliphatic heterocycles. The van der Waals surface area contributed by atoms with Crippen molar-refractivity contribution in [2.75, 3.05) is 9.80 Å². The molecule has 0 amide bonds. The zero-order chi connectivity index (χ0) is 70.0. The molecule has 538 valence electrons. The van der Waals surface area contributed by atoms with E-state index in [1.807, 2.05) is 0 Å². The minimum absolute atomic E-state index is 0.0123. The highest BCUT2D eigenvalue weighted by Crippen LogP contribution is 2.62. The van der Waals surface area contributed by atoms with Crippen molar-refractivity contribution in [2.24, 2.45) is 0 Å². The standard InChI is InChI=1S/C99H132N2/c1-7-13-19-25-31-47-71-97(72-48-32-26-20-14-8-2)87-61-45-43-59-85(87)95-89(97)63-53-65-93(95)100(79-55-39-37-40-56-79)81-67-69-83-84-70-68-82(78-92(84)99(91(83)77-81,75-51-35-29-23-17-11-5)76-52-36-30-24-18-12-6)101(80-57-41-38-42-58-80)94-66-54-64-90-96(94)86-60-44-46-62-88(86)98(90,73-49-33-27-21-15-9-3)74-50-34-28-22-16-10-4/h37-46,53-70,77-78H,7-36,47-52,71-76H2,1-6H3. The quantitative estimate of drug-likeness (QED) is 0.0351. The molecule has 2 nitrogen and oxygen atoms in total. The molecule has 0 N–H and O–H groups in total. The number of hydrogen-bond acceptors (Lipinski definition) is 2. The normalized spacial score (nSPS) is 14.0. The lowest BCUT2D eigenvalue weighted by Gasteiger charge is -2.36. The predicted octanol–water partition coefficient (Wildman–Crippen LogP) is 31.9. The number of fused-ring (bicyclic) bond motifs is 9. The summed E-state index contributed by atoms with van der Waals surface area (Å²) in [4.78, 5) is 5.42. The minimum atomic E-state index is -0.180. The summed E-state index contributed by atoms with van der Waals surface area (Å²) < 4.78 is 0. The van der Waals surface area contributed by atoms with E-state index in [1.54, 1.807) is 33.4 Å². The van der Waals surface area contributed by atoms with E-state index in [0.29, 0.717) is 0 Å². The van der Waals surface area contributed by atoms with Crippen molar-refractivity contribution < 1.29 is 0 Å². The van der Waals surface area contributed by atoms with Crippen molar-refractivity contribution in [3.05, 3.63) is 215 Å². The summed E-state index contributed by atoms with van der Waals surface area (Å²) in [6.45, 7) is 14.1. The summed E-state index contributed by atoms with van der Waals surface area (Å²) >= 11 is 0. The number of nitrogens with zero attached hydrogens (tertiary/aromatic N) is 2. The molecule has 0 atom stereocenters. The topological polar surface area (TPSA) is 6.48 Å². The Hall–Kier alpha value is -6.64. The van der Waals surface area contributed by atoms with Gasteiger partial charge in [0.2, 0.25) is 0 Å². The van der Waals surface area contributed by atoms with Gasteiger partial charge in [-0.25, -0.2) is 0 Å². The highest BCUT2D eigenvalue weighted by Gasteiger charge is 2.47. The van der Waals surface area contributed by atoms with E-state index in [1.165, 1.54) is 324 Å². The third kappa shape index (κ3) is 17.4. The fourth-order valence-electron chi connectivity index (χ4n) is 19.3. The molecule has 8 aromatic carbocycles. The monoisotopic (exact) mass is 1350 g/mol. The van der Waals surface area contributed by atoms with Crippen LogP contribution in [0.3, 0.4) is 0 Å². The fraction of sp³-hybridized carbons (Fsp3) is 0.515. The second-order valence-electron chi connectivity index (χ2n) is 31.6. The zero-order valence-corrected chi connectivity index (χ0v) is 64.4. The maximum Gasteiger partial charge on any atom is 0.0543 e. The van der Waals surface area contributed by atoms with Gasteiger partial charge in [-0.1, -0.05) is 394 Å². The Morgan fingerprint density at radius 2 is 0.455 bits per heavy atom. The van der Waals surface area contributed by atoms with Gasteiger partial charge in [0.15, 0.2) is 0 Å². The zero-order valence-electron chi connectivity index (χ0n) is 64.4. The molecule has 11 rings (SSSR count). The average molecular weight is 1350 g/mol. The molecule has 101 heavy (non-hydrogen) atoms. The number of rotatable bonds is 48. The maximum absolute atomic E-state index is 2.75. The van der Waals surface area contributed by atoms with Gasteiger partial charge in [-0.15, -0.1) is 0 Å². The van der Waals surface area contributed by atoms with E-state index in [9.17, 15) is 0 Å². The van der Waals surface area contributed by atoms with Crippen LogP contribution in [-0.4, -0.2) is 0 Å². The summed E-state index contributed by atoms with van der Waals surface area (Å²) in [7, 11) is 0. The van der Waals surface area contributed by atoms with E-state index < -0.39 is 0 Å². The molecule has 0 aromatic heterocycles. The molecule has 0 heterocycles. The van der Waals surface area contributed by atoms with E-state index in [4.69, 9.17) is 0 Å². The molecule has 0 radical (unpaired) electrons. The number of hydrogen-bond donors (Lipinski definition) is 0. The predicted molar refractivity (Wildman–Crippen MR) is 442 cm³/mol. The Kier molecular flexibility index (Phi) is 29.0. The molecule has 2 heteroatoms. The molecule has 0 saturated carbocycles. The van der Waals surface area contributed by atoms with Gasteiger partial charge >= 0.3 is 0 Å². The van der Waals surface area contributed by atoms with E-state index >= 15 is 0 Å². The van der Waals surface area contributed by atoms with Gasteiger partial charge in [0.1, 0.15) is 0 Å². The van der Waals surface area contributed by atoms with Crippen LogP contribution < -0.4 is 9.80 Å². The third-order valence-corrected chi connectivity index (χ3v) is 24.6. The van der Waals surface area contributed by atoms with Crippen LogP contribution in [0.5, 0.6) is 0 Å². The molecule has 3 aliphatic rings. The summed E-state index contributed by atoms with van der Waals surface area (Å²) in [6, 6.07) is 73.3. The SMILES string of the molecule is CCCCCCCCC1(CCCCCCCC)c2cc(N(c3ccccc3)c3cccc4c3-c3ccccc3C4(CCCCCCCC)CCCCCCCC)ccc2-c2ccc(N(c3ccccc3)c3cccc4c3-c3ccccc3C4(CCCCCCCC)CCCCCCCC)cc21. The van der Waals surface area contributed by atoms with Gasteiger partial charge in [0.05, 0.1) is 11.4 Å². The Morgan fingerprint density at radius 3 is 0.762 bits per heavy atom. The summed E-state index contributed by atoms with van der Waals surface area (Å²) in [5.74, 6) is 0. The van der Waals surface area contributed by atoms with E-state index in [-0.39, 0.29) is 16.2 Å². The van der Waals surface area contributed by atoms with Crippen molar-refractivity contribution in [1.82, 2.24) is 0 Å². The van der Waals surface area contributed by atoms with Crippen molar-refractivity contribution in [1.29, 1.82) is 0 Å². The van der Waals surface area contributed by atoms with Crippen LogP contribution in [0, 0.1) is 0 Å². The van der Waals surface area contributed by atoms with Crippen LogP contribution >= 0.6 is 0 Å². The summed E-state index contributed by atoms with van der Waals surface area (Å²) in [6.07, 6.45) is 54.3. The van der Waals surface area contributed by atoms with Crippen LogP contribution in [0.1, 0.15) is 345 Å². The van der Waals surface area contributed by atoms with Crippen molar-refractivity contribution in [3.63, 3.8) is 0 Å². The molecular weight excluding hydrogens is 1220 g/mol. The van der Waals surface area contributed by atoms with Crippen LogP contribution in [-0.2, 0) is 16.2 Å². The molecule has 0 bridgehead atoms. The first-order valence-corrected chi connectivity index (χ1v) is 42.4.